The van der Waals surface area contributed by atoms with Crippen molar-refractivity contribution in [2.75, 3.05) is 10.6 Å². The van der Waals surface area contributed by atoms with E-state index < -0.39 is 17.8 Å². The van der Waals surface area contributed by atoms with Crippen LogP contribution in [-0.2, 0) is 17.1 Å². The highest BCUT2D eigenvalue weighted by Crippen LogP contribution is 2.35. The van der Waals surface area contributed by atoms with Gasteiger partial charge >= 0.3 is 12.2 Å². The molecule has 4 rings (SSSR count). The minimum absolute atomic E-state index is 0.0569. The number of rotatable bonds is 5. The van der Waals surface area contributed by atoms with E-state index in [9.17, 15) is 18.0 Å². The molecule has 2 aromatic heterocycles. The third kappa shape index (κ3) is 5.10. The maximum absolute atomic E-state index is 13.3. The number of anilines is 2. The lowest BCUT2D eigenvalue weighted by Crippen LogP contribution is -2.21. The summed E-state index contributed by atoms with van der Waals surface area (Å²) < 4.78 is 42.2. The predicted molar refractivity (Wildman–Crippen MR) is 130 cm³/mol. The van der Waals surface area contributed by atoms with Gasteiger partial charge in [-0.25, -0.2) is 9.78 Å². The third-order valence-corrected chi connectivity index (χ3v) is 5.98. The molecule has 0 aliphatic carbocycles. The highest BCUT2D eigenvalue weighted by Gasteiger charge is 2.33. The van der Waals surface area contributed by atoms with E-state index >= 15 is 0 Å². The number of imidazole rings is 1. The highest BCUT2D eigenvalue weighted by atomic mass is 127. The zero-order valence-corrected chi connectivity index (χ0v) is 19.6. The number of benzene rings is 2. The van der Waals surface area contributed by atoms with E-state index in [1.165, 1.54) is 12.1 Å². The molecule has 4 aromatic rings. The van der Waals surface area contributed by atoms with Crippen LogP contribution in [0.4, 0.5) is 29.3 Å². The minimum atomic E-state index is -4.50. The van der Waals surface area contributed by atoms with Gasteiger partial charge in [0.25, 0.3) is 0 Å². The summed E-state index contributed by atoms with van der Waals surface area (Å²) in [6.45, 7) is 2.41. The monoisotopic (exact) mass is 565 g/mol. The second-order valence-corrected chi connectivity index (χ2v) is 8.20. The lowest BCUT2D eigenvalue weighted by atomic mass is 10.1. The largest absolute Gasteiger partial charge is 0.416 e. The lowest BCUT2D eigenvalue weighted by Gasteiger charge is -2.15. The van der Waals surface area contributed by atoms with Gasteiger partial charge in [0.1, 0.15) is 5.52 Å². The maximum atomic E-state index is 13.3. The van der Waals surface area contributed by atoms with Crippen LogP contribution in [0.5, 0.6) is 0 Å². The van der Waals surface area contributed by atoms with Crippen LogP contribution >= 0.6 is 22.6 Å². The van der Waals surface area contributed by atoms with E-state index in [0.29, 0.717) is 17.7 Å². The molecule has 0 saturated carbocycles. The molecule has 2 heterocycles. The number of urea groups is 1. The van der Waals surface area contributed by atoms with Crippen LogP contribution in [0.3, 0.4) is 0 Å². The lowest BCUT2D eigenvalue weighted by molar-refractivity contribution is -0.138. The summed E-state index contributed by atoms with van der Waals surface area (Å²) in [5, 5.41) is 5.25. The van der Waals surface area contributed by atoms with Crippen LogP contribution in [-0.4, -0.2) is 20.6 Å². The van der Waals surface area contributed by atoms with E-state index in [4.69, 9.17) is 0 Å². The number of alkyl halides is 4. The number of hydrogen-bond acceptors (Lipinski definition) is 3. The number of hydrogen-bond donors (Lipinski definition) is 2. The summed E-state index contributed by atoms with van der Waals surface area (Å²) >= 11 is 1.88. The van der Waals surface area contributed by atoms with Crippen LogP contribution in [0.15, 0.2) is 61.2 Å². The SMILES string of the molecule is Cc1ccc2c(ncn2Cc2ccncc2)c1NC(=O)Nc1ccc(CI)c(C(F)(F)F)c1. The molecular formula is C23H19F3IN5O. The fourth-order valence-corrected chi connectivity index (χ4v) is 4.18. The molecule has 33 heavy (non-hydrogen) atoms. The van der Waals surface area contributed by atoms with E-state index in [-0.39, 0.29) is 15.7 Å². The number of pyridine rings is 1. The Morgan fingerprint density at radius 3 is 2.55 bits per heavy atom. The van der Waals surface area contributed by atoms with Gasteiger partial charge < -0.3 is 15.2 Å². The number of fused-ring (bicyclic) bond motifs is 1. The second kappa shape index (κ2) is 9.38. The van der Waals surface area contributed by atoms with Crippen molar-refractivity contribution >= 4 is 51.0 Å². The van der Waals surface area contributed by atoms with Crippen molar-refractivity contribution in [1.82, 2.24) is 14.5 Å². The Morgan fingerprint density at radius 2 is 1.85 bits per heavy atom. The number of carbonyl (C=O) groups is 1. The van der Waals surface area contributed by atoms with Gasteiger partial charge in [0.05, 0.1) is 23.1 Å². The zero-order valence-electron chi connectivity index (χ0n) is 17.4. The van der Waals surface area contributed by atoms with Gasteiger partial charge in [0.15, 0.2) is 0 Å². The molecule has 0 aliphatic heterocycles. The summed E-state index contributed by atoms with van der Waals surface area (Å²) in [5.41, 5.74) is 3.20. The number of aryl methyl sites for hydroxylation is 1. The van der Waals surface area contributed by atoms with Gasteiger partial charge in [-0.3, -0.25) is 4.98 Å². The number of nitrogens with one attached hydrogen (secondary N) is 2. The number of aromatic nitrogens is 3. The van der Waals surface area contributed by atoms with Crippen molar-refractivity contribution in [3.05, 3.63) is 83.4 Å². The van der Waals surface area contributed by atoms with Crippen molar-refractivity contribution in [2.24, 2.45) is 0 Å². The van der Waals surface area contributed by atoms with Crippen LogP contribution in [0.2, 0.25) is 0 Å². The Morgan fingerprint density at radius 1 is 1.09 bits per heavy atom. The summed E-state index contributed by atoms with van der Waals surface area (Å²) in [4.78, 5) is 21.1. The fraction of sp³-hybridized carbons (Fsp3) is 0.174. The van der Waals surface area contributed by atoms with Gasteiger partial charge in [0, 0.05) is 29.1 Å². The number of carbonyl (C=O) groups excluding carboxylic acids is 1. The van der Waals surface area contributed by atoms with Crippen molar-refractivity contribution in [3.63, 3.8) is 0 Å². The summed E-state index contributed by atoms with van der Waals surface area (Å²) in [6, 6.07) is 10.7. The third-order valence-electron chi connectivity index (χ3n) is 5.16. The molecular weight excluding hydrogens is 546 g/mol. The molecule has 2 aromatic carbocycles. The van der Waals surface area contributed by atoms with E-state index in [1.54, 1.807) is 18.7 Å². The molecule has 0 spiro atoms. The van der Waals surface area contributed by atoms with E-state index in [2.05, 4.69) is 20.6 Å². The van der Waals surface area contributed by atoms with E-state index in [0.717, 1.165) is 22.7 Å². The van der Waals surface area contributed by atoms with Gasteiger partial charge in [-0.05, 0) is 53.9 Å². The van der Waals surface area contributed by atoms with Crippen LogP contribution in [0, 0.1) is 6.92 Å². The topological polar surface area (TPSA) is 71.8 Å². The molecule has 6 nitrogen and oxygen atoms in total. The average Bonchev–Trinajstić information content (AvgIpc) is 3.18. The van der Waals surface area contributed by atoms with Crippen LogP contribution < -0.4 is 10.6 Å². The molecule has 0 atom stereocenters. The molecule has 0 unspecified atom stereocenters. The predicted octanol–water partition coefficient (Wildman–Crippen LogP) is 6.39. The summed E-state index contributed by atoms with van der Waals surface area (Å²) in [7, 11) is 0. The van der Waals surface area contributed by atoms with Crippen LogP contribution in [0.1, 0.15) is 22.3 Å². The standard InChI is InChI=1S/C23H19F3IN5O/c1-14-2-5-19-21(29-13-32(19)12-15-6-8-28-9-7-15)20(14)31-22(33)30-17-4-3-16(11-27)18(10-17)23(24,25)26/h2-10,13H,11-12H2,1H3,(H2,30,31,33). The smallest absolute Gasteiger partial charge is 0.326 e. The highest BCUT2D eigenvalue weighted by molar-refractivity contribution is 14.1. The molecule has 2 N–H and O–H groups in total. The van der Waals surface area contributed by atoms with Crippen molar-refractivity contribution in [1.29, 1.82) is 0 Å². The Labute approximate surface area is 201 Å². The molecule has 170 valence electrons. The molecule has 0 radical (unpaired) electrons. The van der Waals surface area contributed by atoms with Gasteiger partial charge in [-0.1, -0.05) is 34.7 Å². The minimum Gasteiger partial charge on any atom is -0.326 e. The second-order valence-electron chi connectivity index (χ2n) is 7.44. The Hall–Kier alpha value is -3.15. The molecule has 0 bridgehead atoms. The van der Waals surface area contributed by atoms with E-state index in [1.807, 2.05) is 58.3 Å². The van der Waals surface area contributed by atoms with Crippen molar-refractivity contribution in [3.8, 4) is 0 Å². The molecule has 0 fully saturated rings. The number of nitrogens with zero attached hydrogens (tertiary/aromatic N) is 3. The fourth-order valence-electron chi connectivity index (χ4n) is 3.51. The molecule has 0 saturated heterocycles. The Kier molecular flexibility index (Phi) is 6.54. The first-order valence-electron chi connectivity index (χ1n) is 9.93. The van der Waals surface area contributed by atoms with Crippen molar-refractivity contribution < 1.29 is 18.0 Å². The summed E-state index contributed by atoms with van der Waals surface area (Å²) in [5.74, 6) is 0. The molecule has 10 heteroatoms. The normalized spacial score (nSPS) is 11.5. The van der Waals surface area contributed by atoms with Gasteiger partial charge in [0.2, 0.25) is 0 Å². The Balaban J connectivity index is 1.58. The zero-order chi connectivity index (χ0) is 23.6. The maximum Gasteiger partial charge on any atom is 0.416 e. The number of halogens is 4. The molecule has 2 amide bonds. The average molecular weight is 565 g/mol. The van der Waals surface area contributed by atoms with Crippen LogP contribution in [0.25, 0.3) is 11.0 Å². The Bertz CT molecular complexity index is 1300. The van der Waals surface area contributed by atoms with Crippen molar-refractivity contribution in [2.45, 2.75) is 24.1 Å². The summed E-state index contributed by atoms with van der Waals surface area (Å²) in [6.07, 6.45) is 0.615. The molecule has 0 aliphatic rings. The first-order valence-corrected chi connectivity index (χ1v) is 11.5. The van der Waals surface area contributed by atoms with Gasteiger partial charge in [-0.2, -0.15) is 13.2 Å². The quantitative estimate of drug-likeness (QED) is 0.218. The first kappa shape index (κ1) is 23.0. The number of amides is 2. The van der Waals surface area contributed by atoms with Gasteiger partial charge in [-0.15, -0.1) is 0 Å². The first-order chi connectivity index (χ1) is 15.8.